The largest absolute Gasteiger partial charge is 0.378 e. The molecule has 0 amide bonds. The molecule has 2 bridgehead atoms. The van der Waals surface area contributed by atoms with Gasteiger partial charge in [-0.1, -0.05) is 54.1 Å². The molecule has 3 saturated heterocycles. The summed E-state index contributed by atoms with van der Waals surface area (Å²) in [5, 5.41) is 9.36. The zero-order chi connectivity index (χ0) is 29.8. The Hall–Kier alpha value is -2.68. The lowest BCUT2D eigenvalue weighted by Crippen LogP contribution is -2.46. The summed E-state index contributed by atoms with van der Waals surface area (Å²) >= 11 is 6.91. The van der Waals surface area contributed by atoms with Crippen LogP contribution < -0.4 is 10.6 Å². The van der Waals surface area contributed by atoms with Crippen LogP contribution in [0.15, 0.2) is 58.5 Å². The predicted octanol–water partition coefficient (Wildman–Crippen LogP) is 6.95. The van der Waals surface area contributed by atoms with Crippen molar-refractivity contribution < 1.29 is 9.13 Å². The summed E-state index contributed by atoms with van der Waals surface area (Å²) in [5.74, 6) is 0.179. The Morgan fingerprint density at radius 1 is 1.07 bits per heavy atom. The Labute approximate surface area is 259 Å². The second kappa shape index (κ2) is 14.0. The Kier molecular flexibility index (Phi) is 9.85. The highest BCUT2D eigenvalue weighted by molar-refractivity contribution is 6.34. The predicted molar refractivity (Wildman–Crippen MR) is 177 cm³/mol. The van der Waals surface area contributed by atoms with E-state index in [0.29, 0.717) is 53.1 Å². The molecule has 228 valence electrons. The van der Waals surface area contributed by atoms with Crippen molar-refractivity contribution in [3.05, 3.63) is 64.9 Å². The van der Waals surface area contributed by atoms with E-state index in [0.717, 1.165) is 73.9 Å². The van der Waals surface area contributed by atoms with Crippen molar-refractivity contribution in [1.29, 1.82) is 0 Å². The lowest BCUT2D eigenvalue weighted by Gasteiger charge is -2.34. The average molecular weight is 604 g/mol. The fraction of sp³-hybridized carbons (Fsp3) is 0.486. The standard InChI is InChI=1S/C35H43ClFN5O/c1-38-20-26-14-13-25(40-26)18-24-19-31(36)33(30-11-7-9-23-8-3-4-10-29(23)30)34(37)35(24)41-32(39-2)12-5-6-17-42-27-15-16-28(42)22-43-21-27/h3-4,7-11,19,25-28,38,40H,2,5-6,12-18,20-22H2,1H3/b41-32-. The highest BCUT2D eigenvalue weighted by Crippen LogP contribution is 2.42. The number of likely N-dealkylation sites (N-methyl/N-ethyl adjacent to an activating group) is 1. The number of amidine groups is 1. The van der Waals surface area contributed by atoms with E-state index >= 15 is 4.39 Å². The number of nitrogens with zero attached hydrogens (tertiary/aromatic N) is 3. The van der Waals surface area contributed by atoms with E-state index in [9.17, 15) is 0 Å². The monoisotopic (exact) mass is 603 g/mol. The lowest BCUT2D eigenvalue weighted by atomic mass is 9.94. The molecule has 0 radical (unpaired) electrons. The summed E-state index contributed by atoms with van der Waals surface area (Å²) in [6, 6.07) is 17.6. The van der Waals surface area contributed by atoms with Crippen LogP contribution in [-0.2, 0) is 11.2 Å². The number of hydrogen-bond donors (Lipinski definition) is 2. The Morgan fingerprint density at radius 2 is 1.84 bits per heavy atom. The van der Waals surface area contributed by atoms with Gasteiger partial charge in [0.05, 0.1) is 18.2 Å². The number of hydrogen-bond acceptors (Lipinski definition) is 5. The first-order chi connectivity index (χ1) is 21.1. The number of morpholine rings is 1. The molecule has 0 aromatic heterocycles. The molecular weight excluding hydrogens is 561 g/mol. The lowest BCUT2D eigenvalue weighted by molar-refractivity contribution is -0.0149. The molecule has 4 unspecified atom stereocenters. The van der Waals surface area contributed by atoms with Gasteiger partial charge >= 0.3 is 0 Å². The molecule has 4 atom stereocenters. The number of rotatable bonds is 11. The van der Waals surface area contributed by atoms with Crippen LogP contribution in [0.1, 0.15) is 50.5 Å². The van der Waals surface area contributed by atoms with Crippen molar-refractivity contribution in [2.75, 3.05) is 33.4 Å². The molecule has 3 aliphatic heterocycles. The molecule has 0 spiro atoms. The highest BCUT2D eigenvalue weighted by atomic mass is 35.5. The fourth-order valence-electron chi connectivity index (χ4n) is 7.32. The maximum absolute atomic E-state index is 16.8. The molecule has 3 fully saturated rings. The highest BCUT2D eigenvalue weighted by Gasteiger charge is 2.36. The van der Waals surface area contributed by atoms with E-state index in [1.807, 2.05) is 55.6 Å². The van der Waals surface area contributed by atoms with Crippen molar-refractivity contribution in [2.45, 2.75) is 75.5 Å². The van der Waals surface area contributed by atoms with Crippen LogP contribution in [-0.4, -0.2) is 75.0 Å². The first kappa shape index (κ1) is 30.4. The molecule has 43 heavy (non-hydrogen) atoms. The van der Waals surface area contributed by atoms with E-state index in [1.165, 1.54) is 12.8 Å². The van der Waals surface area contributed by atoms with Gasteiger partial charge in [-0.2, -0.15) is 0 Å². The van der Waals surface area contributed by atoms with Gasteiger partial charge in [0, 0.05) is 42.7 Å². The van der Waals surface area contributed by atoms with Crippen molar-refractivity contribution in [3.8, 4) is 11.1 Å². The van der Waals surface area contributed by atoms with Crippen LogP contribution in [0.5, 0.6) is 0 Å². The van der Waals surface area contributed by atoms with Gasteiger partial charge in [-0.25, -0.2) is 14.4 Å². The number of halogens is 2. The van der Waals surface area contributed by atoms with Gasteiger partial charge in [-0.15, -0.1) is 0 Å². The summed E-state index contributed by atoms with van der Waals surface area (Å²) in [6.45, 7) is 7.47. The minimum absolute atomic E-state index is 0.232. The van der Waals surface area contributed by atoms with Crippen LogP contribution in [0.4, 0.5) is 10.1 Å². The third-order valence-corrected chi connectivity index (χ3v) is 9.76. The van der Waals surface area contributed by atoms with Crippen LogP contribution >= 0.6 is 11.6 Å². The molecule has 8 heteroatoms. The maximum atomic E-state index is 16.8. The summed E-state index contributed by atoms with van der Waals surface area (Å²) < 4.78 is 22.5. The minimum atomic E-state index is -0.394. The van der Waals surface area contributed by atoms with Gasteiger partial charge in [0.15, 0.2) is 5.82 Å². The SMILES string of the molecule is C=N/C(CCCCN1C2CCC1COC2)=N\c1c(CC2CCC(CNC)N2)cc(Cl)c(-c2cccc3ccccc23)c1F. The van der Waals surface area contributed by atoms with E-state index < -0.39 is 5.82 Å². The summed E-state index contributed by atoms with van der Waals surface area (Å²) in [7, 11) is 1.97. The van der Waals surface area contributed by atoms with Crippen molar-refractivity contribution in [1.82, 2.24) is 15.5 Å². The Balaban J connectivity index is 1.28. The van der Waals surface area contributed by atoms with Gasteiger partial charge in [-0.05, 0) is 93.2 Å². The zero-order valence-electron chi connectivity index (χ0n) is 25.1. The smallest absolute Gasteiger partial charge is 0.158 e. The number of benzene rings is 3. The van der Waals surface area contributed by atoms with Crippen LogP contribution in [0, 0.1) is 5.82 Å². The first-order valence-electron chi connectivity index (χ1n) is 15.8. The van der Waals surface area contributed by atoms with Crippen molar-refractivity contribution >= 4 is 40.6 Å². The Morgan fingerprint density at radius 3 is 2.63 bits per heavy atom. The average Bonchev–Trinajstić information content (AvgIpc) is 3.54. The van der Waals surface area contributed by atoms with Gasteiger partial charge in [0.25, 0.3) is 0 Å². The van der Waals surface area contributed by atoms with Gasteiger partial charge in [0.2, 0.25) is 0 Å². The van der Waals surface area contributed by atoms with Gasteiger partial charge < -0.3 is 15.4 Å². The molecule has 3 aromatic rings. The van der Waals surface area contributed by atoms with Gasteiger partial charge in [0.1, 0.15) is 11.5 Å². The number of nitrogens with one attached hydrogen (secondary N) is 2. The number of ether oxygens (including phenoxy) is 1. The number of fused-ring (bicyclic) bond motifs is 3. The summed E-state index contributed by atoms with van der Waals surface area (Å²) in [5.41, 5.74) is 2.30. The molecular formula is C35H43ClFN5O. The maximum Gasteiger partial charge on any atom is 0.158 e. The van der Waals surface area contributed by atoms with E-state index in [1.54, 1.807) is 0 Å². The minimum Gasteiger partial charge on any atom is -0.378 e. The molecule has 3 heterocycles. The molecule has 2 N–H and O–H groups in total. The Bertz CT molecular complexity index is 1460. The van der Waals surface area contributed by atoms with Crippen molar-refractivity contribution in [3.63, 3.8) is 0 Å². The molecule has 3 aromatic carbocycles. The normalized spacial score (nSPS) is 24.2. The van der Waals surface area contributed by atoms with Crippen LogP contribution in [0.25, 0.3) is 21.9 Å². The summed E-state index contributed by atoms with van der Waals surface area (Å²) in [6.07, 6.45) is 7.83. The molecule has 0 aliphatic carbocycles. The van der Waals surface area contributed by atoms with Gasteiger partial charge in [-0.3, -0.25) is 4.90 Å². The number of aliphatic imine (C=N–C) groups is 2. The quantitative estimate of drug-likeness (QED) is 0.141. The first-order valence-corrected chi connectivity index (χ1v) is 16.2. The molecule has 6 rings (SSSR count). The van der Waals surface area contributed by atoms with E-state index in [-0.39, 0.29) is 6.04 Å². The second-order valence-electron chi connectivity index (χ2n) is 12.3. The van der Waals surface area contributed by atoms with E-state index in [4.69, 9.17) is 21.3 Å². The van der Waals surface area contributed by atoms with Crippen LogP contribution in [0.2, 0.25) is 5.02 Å². The third kappa shape index (κ3) is 6.71. The topological polar surface area (TPSA) is 61.2 Å². The number of unbranched alkanes of at least 4 members (excludes halogenated alkanes) is 1. The summed E-state index contributed by atoms with van der Waals surface area (Å²) in [4.78, 5) is 11.8. The molecule has 6 nitrogen and oxygen atoms in total. The van der Waals surface area contributed by atoms with Crippen molar-refractivity contribution in [2.24, 2.45) is 9.98 Å². The van der Waals surface area contributed by atoms with Crippen LogP contribution in [0.3, 0.4) is 0 Å². The molecule has 3 aliphatic rings. The molecule has 0 saturated carbocycles. The zero-order valence-corrected chi connectivity index (χ0v) is 25.9. The van der Waals surface area contributed by atoms with E-state index in [2.05, 4.69) is 27.2 Å². The third-order valence-electron chi connectivity index (χ3n) is 9.46. The fourth-order valence-corrected chi connectivity index (χ4v) is 7.63. The second-order valence-corrected chi connectivity index (χ2v) is 12.7.